The van der Waals surface area contributed by atoms with Crippen LogP contribution >= 0.6 is 11.6 Å². The van der Waals surface area contributed by atoms with Crippen molar-refractivity contribution in [2.45, 2.75) is 18.9 Å². The Bertz CT molecular complexity index is 1200. The molecular weight excluding hydrogens is 463 g/mol. The predicted octanol–water partition coefficient (Wildman–Crippen LogP) is 3.71. The number of aromatic nitrogens is 1. The number of aliphatic hydroxyl groups is 1. The first kappa shape index (κ1) is 24.0. The third-order valence-electron chi connectivity index (χ3n) is 5.83. The lowest BCUT2D eigenvalue weighted by atomic mass is 10.1. The predicted molar refractivity (Wildman–Crippen MR) is 129 cm³/mol. The lowest BCUT2D eigenvalue weighted by molar-refractivity contribution is 0.0752. The highest BCUT2D eigenvalue weighted by molar-refractivity contribution is 6.31. The quantitative estimate of drug-likeness (QED) is 0.443. The summed E-state index contributed by atoms with van der Waals surface area (Å²) in [4.78, 5) is 18.7. The Labute approximate surface area is 201 Å². The number of halogens is 2. The van der Waals surface area contributed by atoms with E-state index in [1.54, 1.807) is 12.1 Å². The average Bonchev–Trinajstić information content (AvgIpc) is 2.82. The van der Waals surface area contributed by atoms with Crippen molar-refractivity contribution < 1.29 is 23.8 Å². The number of rotatable bonds is 8. The van der Waals surface area contributed by atoms with Crippen LogP contribution in [0.25, 0.3) is 10.9 Å². The molecule has 0 bridgehead atoms. The molecule has 4 N–H and O–H groups in total. The summed E-state index contributed by atoms with van der Waals surface area (Å²) in [5, 5.41) is 13.3. The first-order valence-corrected chi connectivity index (χ1v) is 11.3. The Hall–Kier alpha value is -3.14. The van der Waals surface area contributed by atoms with Gasteiger partial charge in [-0.2, -0.15) is 0 Å². The molecule has 180 valence electrons. The van der Waals surface area contributed by atoms with Gasteiger partial charge in [-0.1, -0.05) is 11.6 Å². The highest BCUT2D eigenvalue weighted by Crippen LogP contribution is 2.37. The number of ether oxygens (including phenoxy) is 2. The van der Waals surface area contributed by atoms with Crippen LogP contribution in [0.3, 0.4) is 0 Å². The van der Waals surface area contributed by atoms with Crippen molar-refractivity contribution in [1.82, 2.24) is 9.88 Å². The Kier molecular flexibility index (Phi) is 7.35. The molecule has 0 saturated carbocycles. The zero-order valence-corrected chi connectivity index (χ0v) is 19.4. The van der Waals surface area contributed by atoms with Crippen molar-refractivity contribution >= 4 is 39.8 Å². The van der Waals surface area contributed by atoms with E-state index in [9.17, 15) is 14.3 Å². The molecule has 1 fully saturated rings. The lowest BCUT2D eigenvalue weighted by Crippen LogP contribution is -2.38. The van der Waals surface area contributed by atoms with E-state index >= 15 is 0 Å². The van der Waals surface area contributed by atoms with Crippen LogP contribution in [0, 0.1) is 5.82 Å². The number of nitrogens with zero attached hydrogens (tertiary/aromatic N) is 2. The zero-order valence-electron chi connectivity index (χ0n) is 18.7. The molecule has 10 heteroatoms. The van der Waals surface area contributed by atoms with Crippen molar-refractivity contribution in [3.63, 3.8) is 0 Å². The fraction of sp³-hybridized carbons (Fsp3) is 0.333. The van der Waals surface area contributed by atoms with Gasteiger partial charge in [0.15, 0.2) is 11.5 Å². The van der Waals surface area contributed by atoms with Gasteiger partial charge in [0.05, 0.1) is 35.0 Å². The molecule has 1 aromatic heterocycles. The number of benzene rings is 2. The largest absolute Gasteiger partial charge is 0.493 e. The maximum Gasteiger partial charge on any atom is 0.252 e. The van der Waals surface area contributed by atoms with Crippen LogP contribution in [0.2, 0.25) is 5.02 Å². The molecule has 8 nitrogen and oxygen atoms in total. The molecule has 4 rings (SSSR count). The van der Waals surface area contributed by atoms with Crippen LogP contribution in [-0.2, 0) is 0 Å². The van der Waals surface area contributed by atoms with E-state index in [-0.39, 0.29) is 16.7 Å². The summed E-state index contributed by atoms with van der Waals surface area (Å²) < 4.78 is 25.1. The molecule has 1 aliphatic rings. The molecule has 0 unspecified atom stereocenters. The van der Waals surface area contributed by atoms with Crippen LogP contribution in [0.15, 0.2) is 36.5 Å². The van der Waals surface area contributed by atoms with Crippen LogP contribution < -0.4 is 20.5 Å². The number of likely N-dealkylation sites (tertiary alicyclic amines) is 1. The van der Waals surface area contributed by atoms with Crippen LogP contribution in [0.5, 0.6) is 11.5 Å². The number of hydrogen-bond acceptors (Lipinski definition) is 7. The number of fused-ring (bicyclic) bond motifs is 1. The van der Waals surface area contributed by atoms with Gasteiger partial charge in [0.2, 0.25) is 0 Å². The minimum atomic E-state index is -0.670. The second kappa shape index (κ2) is 10.4. The van der Waals surface area contributed by atoms with Gasteiger partial charge in [-0.15, -0.1) is 0 Å². The van der Waals surface area contributed by atoms with Gasteiger partial charge in [0.25, 0.3) is 5.91 Å². The van der Waals surface area contributed by atoms with Crippen molar-refractivity contribution in [1.29, 1.82) is 0 Å². The molecular formula is C24H26ClFN4O4. The number of hydrogen-bond donors (Lipinski definition) is 3. The number of methoxy groups -OCH3 is 1. The molecule has 0 aliphatic carbocycles. The number of nitrogens with two attached hydrogens (primary N) is 1. The van der Waals surface area contributed by atoms with Gasteiger partial charge < -0.3 is 25.6 Å². The van der Waals surface area contributed by atoms with Crippen LogP contribution in [-0.4, -0.2) is 60.4 Å². The second-order valence-corrected chi connectivity index (χ2v) is 8.51. The number of amides is 1. The summed E-state index contributed by atoms with van der Waals surface area (Å²) in [6, 6.07) is 7.61. The number of piperidine rings is 1. The van der Waals surface area contributed by atoms with Gasteiger partial charge in [-0.05, 0) is 37.1 Å². The second-order valence-electron chi connectivity index (χ2n) is 8.11. The summed E-state index contributed by atoms with van der Waals surface area (Å²) >= 11 is 5.91. The number of pyridine rings is 1. The Morgan fingerprint density at radius 2 is 2.06 bits per heavy atom. The van der Waals surface area contributed by atoms with E-state index < -0.39 is 11.7 Å². The smallest absolute Gasteiger partial charge is 0.252 e. The maximum atomic E-state index is 13.6. The highest BCUT2D eigenvalue weighted by Gasteiger charge is 2.19. The summed E-state index contributed by atoms with van der Waals surface area (Å²) in [6.45, 7) is 2.83. The minimum absolute atomic E-state index is 0.0551. The Morgan fingerprint density at radius 1 is 1.29 bits per heavy atom. The SMILES string of the molecule is COc1cc2c(Nc3ccc(F)c(Cl)c3)c(C(N)=O)cnc2cc1OCCN1CCC(O)CC1. The van der Waals surface area contributed by atoms with Crippen molar-refractivity contribution in [2.75, 3.05) is 38.7 Å². The fourth-order valence-corrected chi connectivity index (χ4v) is 4.12. The van der Waals surface area contributed by atoms with Gasteiger partial charge in [0.1, 0.15) is 12.4 Å². The Balaban J connectivity index is 1.62. The van der Waals surface area contributed by atoms with Crippen molar-refractivity contribution in [3.8, 4) is 11.5 Å². The first-order valence-electron chi connectivity index (χ1n) is 10.9. The van der Waals surface area contributed by atoms with Crippen molar-refractivity contribution in [2.24, 2.45) is 5.73 Å². The number of carbonyl (C=O) groups is 1. The van der Waals surface area contributed by atoms with Crippen LogP contribution in [0.4, 0.5) is 15.8 Å². The third kappa shape index (κ3) is 5.32. The minimum Gasteiger partial charge on any atom is -0.493 e. The van der Waals surface area contributed by atoms with Crippen LogP contribution in [0.1, 0.15) is 23.2 Å². The molecule has 1 amide bonds. The van der Waals surface area contributed by atoms with E-state index in [0.29, 0.717) is 40.4 Å². The summed E-state index contributed by atoms with van der Waals surface area (Å²) in [5.74, 6) is -0.241. The monoisotopic (exact) mass is 488 g/mol. The molecule has 1 saturated heterocycles. The molecule has 2 aromatic carbocycles. The Morgan fingerprint density at radius 3 is 2.74 bits per heavy atom. The van der Waals surface area contributed by atoms with Crippen molar-refractivity contribution in [3.05, 3.63) is 52.9 Å². The van der Waals surface area contributed by atoms with E-state index in [1.807, 2.05) is 0 Å². The standard InChI is InChI=1S/C24H26ClFN4O4/c1-33-21-11-16-20(12-22(21)34-9-8-30-6-4-15(31)5-7-30)28-13-17(24(27)32)23(16)29-14-2-3-19(26)18(25)10-14/h2-3,10-13,15,31H,4-9H2,1H3,(H2,27,32)(H,28,29). The zero-order chi connectivity index (χ0) is 24.2. The highest BCUT2D eigenvalue weighted by atomic mass is 35.5. The van der Waals surface area contributed by atoms with E-state index in [1.165, 1.54) is 31.5 Å². The lowest BCUT2D eigenvalue weighted by Gasteiger charge is -2.29. The fourth-order valence-electron chi connectivity index (χ4n) is 3.94. The molecule has 2 heterocycles. The number of carbonyl (C=O) groups excluding carboxylic acids is 1. The molecule has 0 radical (unpaired) electrons. The topological polar surface area (TPSA) is 110 Å². The molecule has 0 spiro atoms. The van der Waals surface area contributed by atoms with Gasteiger partial charge in [-0.3, -0.25) is 14.7 Å². The molecule has 34 heavy (non-hydrogen) atoms. The maximum absolute atomic E-state index is 13.6. The van der Waals surface area contributed by atoms with Gasteiger partial charge in [-0.25, -0.2) is 4.39 Å². The summed E-state index contributed by atoms with van der Waals surface area (Å²) in [5.41, 5.74) is 7.17. The first-order chi connectivity index (χ1) is 16.4. The molecule has 3 aromatic rings. The molecule has 0 atom stereocenters. The van der Waals surface area contributed by atoms with Gasteiger partial charge in [0, 0.05) is 43.0 Å². The number of primary amides is 1. The number of anilines is 2. The number of nitrogens with one attached hydrogen (secondary N) is 1. The average molecular weight is 489 g/mol. The van der Waals surface area contributed by atoms with Gasteiger partial charge >= 0.3 is 0 Å². The normalized spacial score (nSPS) is 14.8. The molecule has 1 aliphatic heterocycles. The summed E-state index contributed by atoms with van der Waals surface area (Å²) in [6.07, 6.45) is 2.69. The van der Waals surface area contributed by atoms with E-state index in [2.05, 4.69) is 15.2 Å². The van der Waals surface area contributed by atoms with E-state index in [4.69, 9.17) is 26.8 Å². The summed E-state index contributed by atoms with van der Waals surface area (Å²) in [7, 11) is 1.53. The third-order valence-corrected chi connectivity index (χ3v) is 6.12. The number of aliphatic hydroxyl groups excluding tert-OH is 1. The van der Waals surface area contributed by atoms with E-state index in [0.717, 1.165) is 32.5 Å².